The molecule has 0 aromatic rings. The van der Waals surface area contributed by atoms with Crippen molar-refractivity contribution in [2.45, 2.75) is 12.2 Å². The maximum absolute atomic E-state index is 10.7. The summed E-state index contributed by atoms with van der Waals surface area (Å²) in [6, 6.07) is 0. The van der Waals surface area contributed by atoms with Crippen LogP contribution in [0.15, 0.2) is 20.0 Å². The molecule has 88 valence electrons. The van der Waals surface area contributed by atoms with Gasteiger partial charge in [-0.2, -0.15) is 0 Å². The smallest absolute Gasteiger partial charge is 0.309 e. The van der Waals surface area contributed by atoms with E-state index < -0.39 is 18.2 Å². The lowest BCUT2D eigenvalue weighted by Gasteiger charge is -2.26. The lowest BCUT2D eigenvalue weighted by molar-refractivity contribution is -0.138. The van der Waals surface area contributed by atoms with E-state index >= 15 is 0 Å². The largest absolute Gasteiger partial charge is 0.481 e. The number of aliphatic imine (C=N–C) groups is 4. The second kappa shape index (κ2) is 4.06. The molecule has 2 heterocycles. The molecule has 17 heavy (non-hydrogen) atoms. The van der Waals surface area contributed by atoms with Crippen molar-refractivity contribution in [3.63, 3.8) is 0 Å². The summed E-state index contributed by atoms with van der Waals surface area (Å²) < 4.78 is 0. The maximum atomic E-state index is 10.7. The number of amidine groups is 1. The number of amides is 1. The first-order valence-corrected chi connectivity index (χ1v) is 4.83. The molecule has 0 aliphatic carbocycles. The number of carbonyl (C=O) groups is 2. The van der Waals surface area contributed by atoms with Crippen LogP contribution in [0.1, 0.15) is 6.42 Å². The van der Waals surface area contributed by atoms with E-state index in [0.29, 0.717) is 6.41 Å². The number of rotatable bonds is 4. The number of fused-ring (bicyclic) bond motifs is 1. The highest BCUT2D eigenvalue weighted by molar-refractivity contribution is 6.94. The Morgan fingerprint density at radius 3 is 3.00 bits per heavy atom. The van der Waals surface area contributed by atoms with E-state index in [1.165, 1.54) is 6.34 Å². The molecular formula is C8H6ClN5O3. The van der Waals surface area contributed by atoms with Crippen molar-refractivity contribution in [1.82, 2.24) is 5.32 Å². The second-order valence-electron chi connectivity index (χ2n) is 3.21. The molecule has 0 fully saturated rings. The van der Waals surface area contributed by atoms with Gasteiger partial charge in [0.05, 0.1) is 0 Å². The van der Waals surface area contributed by atoms with Gasteiger partial charge in [0.25, 0.3) is 0 Å². The third-order valence-electron chi connectivity index (χ3n) is 2.04. The van der Waals surface area contributed by atoms with E-state index in [9.17, 15) is 9.59 Å². The van der Waals surface area contributed by atoms with Crippen LogP contribution in [-0.2, 0) is 9.59 Å². The van der Waals surface area contributed by atoms with Crippen LogP contribution in [0, 0.1) is 0 Å². The molecule has 9 heteroatoms. The number of aliphatic carboxylic acids is 1. The summed E-state index contributed by atoms with van der Waals surface area (Å²) in [7, 11) is 0. The third kappa shape index (κ3) is 2.07. The molecule has 0 bridgehead atoms. The Morgan fingerprint density at radius 2 is 2.35 bits per heavy atom. The topological polar surface area (TPSA) is 116 Å². The number of hydrogen-bond acceptors (Lipinski definition) is 6. The standard InChI is InChI=1S/C8H6ClN5O3/c9-6-5-7(11-2-10-5)14-8(13-6,12-3-15)1-4(16)17/h2-3H,1H2,(H,12,15)(H,16,17). The number of hydrogen-bond donors (Lipinski definition) is 2. The molecule has 2 aliphatic rings. The van der Waals surface area contributed by atoms with Crippen molar-refractivity contribution in [2.24, 2.45) is 20.0 Å². The average Bonchev–Trinajstić information content (AvgIpc) is 2.64. The molecule has 0 aromatic heterocycles. The second-order valence-corrected chi connectivity index (χ2v) is 3.57. The number of halogens is 1. The third-order valence-corrected chi connectivity index (χ3v) is 2.30. The first-order chi connectivity index (χ1) is 8.06. The van der Waals surface area contributed by atoms with Gasteiger partial charge in [0.1, 0.15) is 18.5 Å². The van der Waals surface area contributed by atoms with Gasteiger partial charge in [-0.3, -0.25) is 9.59 Å². The van der Waals surface area contributed by atoms with E-state index in [1.54, 1.807) is 0 Å². The quantitative estimate of drug-likeness (QED) is 0.653. The SMILES string of the molecule is O=CNC1(CC(=O)O)N=C(Cl)C2=NC=NC2=N1. The van der Waals surface area contributed by atoms with E-state index in [2.05, 4.69) is 25.3 Å². The van der Waals surface area contributed by atoms with E-state index in [1.807, 2.05) is 0 Å². The predicted molar refractivity (Wildman–Crippen MR) is 60.8 cm³/mol. The predicted octanol–water partition coefficient (Wildman–Crippen LogP) is -0.607. The van der Waals surface area contributed by atoms with Crippen molar-refractivity contribution < 1.29 is 14.7 Å². The van der Waals surface area contributed by atoms with Gasteiger partial charge in [-0.15, -0.1) is 0 Å². The molecular weight excluding hydrogens is 250 g/mol. The zero-order chi connectivity index (χ0) is 12.5. The Labute approximate surface area is 99.8 Å². The summed E-state index contributed by atoms with van der Waals surface area (Å²) in [4.78, 5) is 36.7. The highest BCUT2D eigenvalue weighted by Gasteiger charge is 2.38. The van der Waals surface area contributed by atoms with Crippen LogP contribution in [0.3, 0.4) is 0 Å². The van der Waals surface area contributed by atoms with Crippen LogP contribution >= 0.6 is 11.6 Å². The molecule has 1 amide bonds. The van der Waals surface area contributed by atoms with E-state index in [0.717, 1.165) is 0 Å². The summed E-state index contributed by atoms with van der Waals surface area (Å²) in [6.07, 6.45) is 1.000. The van der Waals surface area contributed by atoms with Crippen molar-refractivity contribution in [2.75, 3.05) is 0 Å². The zero-order valence-corrected chi connectivity index (χ0v) is 9.05. The number of carboxylic acid groups (broad SMARTS) is 1. The monoisotopic (exact) mass is 255 g/mol. The van der Waals surface area contributed by atoms with Gasteiger partial charge >= 0.3 is 5.97 Å². The van der Waals surface area contributed by atoms with Gasteiger partial charge in [-0.25, -0.2) is 20.0 Å². The van der Waals surface area contributed by atoms with Crippen LogP contribution in [0.5, 0.6) is 0 Å². The summed E-state index contributed by atoms with van der Waals surface area (Å²) in [5.41, 5.74) is 0.264. The highest BCUT2D eigenvalue weighted by Crippen LogP contribution is 2.22. The fourth-order valence-electron chi connectivity index (χ4n) is 1.40. The Morgan fingerprint density at radius 1 is 1.59 bits per heavy atom. The first kappa shape index (κ1) is 11.4. The van der Waals surface area contributed by atoms with Gasteiger partial charge in [0.15, 0.2) is 11.0 Å². The number of nitrogens with one attached hydrogen (secondary N) is 1. The summed E-state index contributed by atoms with van der Waals surface area (Å²) in [5.74, 6) is -2.68. The van der Waals surface area contributed by atoms with Crippen molar-refractivity contribution in [3.05, 3.63) is 0 Å². The van der Waals surface area contributed by atoms with Crippen molar-refractivity contribution in [1.29, 1.82) is 0 Å². The zero-order valence-electron chi connectivity index (χ0n) is 8.29. The molecule has 2 N–H and O–H groups in total. The van der Waals surface area contributed by atoms with Gasteiger partial charge in [0.2, 0.25) is 12.2 Å². The fourth-order valence-corrected chi connectivity index (χ4v) is 1.68. The lowest BCUT2D eigenvalue weighted by atomic mass is 10.2. The van der Waals surface area contributed by atoms with Gasteiger partial charge in [0, 0.05) is 0 Å². The molecule has 1 unspecified atom stereocenters. The molecule has 0 spiro atoms. The summed E-state index contributed by atoms with van der Waals surface area (Å²) in [5, 5.41) is 11.0. The highest BCUT2D eigenvalue weighted by atomic mass is 35.5. The van der Waals surface area contributed by atoms with Gasteiger partial charge in [-0.05, 0) is 0 Å². The number of nitrogens with zero attached hydrogens (tertiary/aromatic N) is 4. The van der Waals surface area contributed by atoms with Gasteiger partial charge in [-0.1, -0.05) is 11.6 Å². The van der Waals surface area contributed by atoms with Crippen LogP contribution < -0.4 is 5.32 Å². The molecule has 0 saturated carbocycles. The Hall–Kier alpha value is -2.09. The molecule has 2 rings (SSSR count). The molecule has 0 saturated heterocycles. The molecule has 0 radical (unpaired) electrons. The van der Waals surface area contributed by atoms with Crippen LogP contribution in [0.2, 0.25) is 0 Å². The minimum absolute atomic E-state index is 0.0388. The summed E-state index contributed by atoms with van der Waals surface area (Å²) in [6.45, 7) is 0. The number of carbonyl (C=O) groups excluding carboxylic acids is 1. The van der Waals surface area contributed by atoms with Crippen molar-refractivity contribution in [3.8, 4) is 0 Å². The molecule has 1 atom stereocenters. The Bertz CT molecular complexity index is 509. The average molecular weight is 256 g/mol. The fraction of sp³-hybridized carbons (Fsp3) is 0.250. The Balaban J connectivity index is 2.43. The molecule has 8 nitrogen and oxygen atoms in total. The minimum atomic E-state index is -1.65. The first-order valence-electron chi connectivity index (χ1n) is 4.46. The van der Waals surface area contributed by atoms with Crippen LogP contribution in [0.25, 0.3) is 0 Å². The van der Waals surface area contributed by atoms with E-state index in [4.69, 9.17) is 16.7 Å². The minimum Gasteiger partial charge on any atom is -0.481 e. The van der Waals surface area contributed by atoms with Gasteiger partial charge < -0.3 is 10.4 Å². The molecule has 0 aromatic carbocycles. The van der Waals surface area contributed by atoms with Crippen molar-refractivity contribution >= 4 is 47.0 Å². The molecule has 2 aliphatic heterocycles. The lowest BCUT2D eigenvalue weighted by Crippen LogP contribution is -2.47. The van der Waals surface area contributed by atoms with Crippen LogP contribution in [-0.4, -0.2) is 46.3 Å². The summed E-state index contributed by atoms with van der Waals surface area (Å²) >= 11 is 5.83. The van der Waals surface area contributed by atoms with E-state index in [-0.39, 0.29) is 16.7 Å². The van der Waals surface area contributed by atoms with Crippen LogP contribution in [0.4, 0.5) is 0 Å². The number of carboxylic acids is 1. The maximum Gasteiger partial charge on any atom is 0.309 e. The normalized spacial score (nSPS) is 25.6. The Kier molecular flexibility index (Phi) is 2.72.